The molecule has 0 bridgehead atoms. The zero-order valence-corrected chi connectivity index (χ0v) is 21.1. The minimum absolute atomic E-state index is 0.151. The Labute approximate surface area is 207 Å². The molecule has 0 aromatic heterocycles. The van der Waals surface area contributed by atoms with Gasteiger partial charge < -0.3 is 15.0 Å². The molecule has 4 rings (SSSR count). The maximum atomic E-state index is 13.1. The number of para-hydroxylation sites is 1. The molecule has 35 heavy (non-hydrogen) atoms. The van der Waals surface area contributed by atoms with E-state index in [2.05, 4.69) is 36.2 Å². The van der Waals surface area contributed by atoms with Crippen LogP contribution in [-0.2, 0) is 14.8 Å². The normalized spacial score (nSPS) is 14.6. The van der Waals surface area contributed by atoms with Crippen molar-refractivity contribution in [3.63, 3.8) is 0 Å². The standard InChI is InChI=1S/C27H31N3O4S/c1-20(2)30(24-7-5-4-6-8-24)25-13-11-23(12-14-25)28-27(31)22-10-9-21(3)26(19-22)35(32,33)29-15-17-34-18-16-29/h4-14,19-20H,15-18H2,1-3H3,(H,28,31). The molecule has 7 nitrogen and oxygen atoms in total. The molecule has 3 aromatic rings. The summed E-state index contributed by atoms with van der Waals surface area (Å²) in [4.78, 5) is 15.3. The molecule has 1 fully saturated rings. The molecule has 1 N–H and O–H groups in total. The number of ether oxygens (including phenoxy) is 1. The predicted octanol–water partition coefficient (Wildman–Crippen LogP) is 4.81. The second kappa shape index (κ2) is 10.6. The van der Waals surface area contributed by atoms with Crippen LogP contribution in [0.15, 0.2) is 77.7 Å². The number of carbonyl (C=O) groups excluding carboxylic acids is 1. The van der Waals surface area contributed by atoms with Gasteiger partial charge in [0.25, 0.3) is 5.91 Å². The molecule has 8 heteroatoms. The van der Waals surface area contributed by atoms with Gasteiger partial charge in [0, 0.05) is 41.8 Å². The molecule has 1 saturated heterocycles. The van der Waals surface area contributed by atoms with Gasteiger partial charge in [-0.25, -0.2) is 8.42 Å². The van der Waals surface area contributed by atoms with Gasteiger partial charge in [-0.2, -0.15) is 4.31 Å². The number of benzene rings is 3. The summed E-state index contributed by atoms with van der Waals surface area (Å²) in [6, 6.07) is 22.8. The number of aryl methyl sites for hydroxylation is 1. The van der Waals surface area contributed by atoms with Crippen molar-refractivity contribution in [3.05, 3.63) is 83.9 Å². The van der Waals surface area contributed by atoms with E-state index in [1.807, 2.05) is 42.5 Å². The maximum absolute atomic E-state index is 13.1. The SMILES string of the molecule is Cc1ccc(C(=O)Nc2ccc(N(c3ccccc3)C(C)C)cc2)cc1S(=O)(=O)N1CCOCC1. The highest BCUT2D eigenvalue weighted by Crippen LogP contribution is 2.29. The Morgan fingerprint density at radius 3 is 2.20 bits per heavy atom. The first-order chi connectivity index (χ1) is 16.8. The van der Waals surface area contributed by atoms with Gasteiger partial charge in [0.2, 0.25) is 10.0 Å². The van der Waals surface area contributed by atoms with Crippen molar-refractivity contribution in [2.75, 3.05) is 36.5 Å². The number of anilines is 3. The van der Waals surface area contributed by atoms with Crippen molar-refractivity contribution in [2.45, 2.75) is 31.7 Å². The summed E-state index contributed by atoms with van der Waals surface area (Å²) in [6.07, 6.45) is 0. The third kappa shape index (κ3) is 5.56. The second-order valence-corrected chi connectivity index (χ2v) is 10.7. The topological polar surface area (TPSA) is 79.0 Å². The van der Waals surface area contributed by atoms with Crippen molar-refractivity contribution in [2.24, 2.45) is 0 Å². The number of morpholine rings is 1. The van der Waals surface area contributed by atoms with Gasteiger partial charge in [0.1, 0.15) is 0 Å². The van der Waals surface area contributed by atoms with Crippen LogP contribution in [0.4, 0.5) is 17.1 Å². The van der Waals surface area contributed by atoms with E-state index in [9.17, 15) is 13.2 Å². The fourth-order valence-corrected chi connectivity index (χ4v) is 5.85. The first kappa shape index (κ1) is 24.9. The van der Waals surface area contributed by atoms with E-state index in [1.165, 1.54) is 10.4 Å². The average Bonchev–Trinajstić information content (AvgIpc) is 2.86. The lowest BCUT2D eigenvalue weighted by Crippen LogP contribution is -2.40. The number of carbonyl (C=O) groups is 1. The lowest BCUT2D eigenvalue weighted by atomic mass is 10.1. The highest BCUT2D eigenvalue weighted by Gasteiger charge is 2.28. The van der Waals surface area contributed by atoms with Crippen molar-refractivity contribution < 1.29 is 17.9 Å². The summed E-state index contributed by atoms with van der Waals surface area (Å²) in [5, 5.41) is 2.89. The monoisotopic (exact) mass is 493 g/mol. The molecular weight excluding hydrogens is 462 g/mol. The fourth-order valence-electron chi connectivity index (χ4n) is 4.19. The van der Waals surface area contributed by atoms with E-state index in [4.69, 9.17) is 4.74 Å². The van der Waals surface area contributed by atoms with Gasteiger partial charge in [0.05, 0.1) is 18.1 Å². The van der Waals surface area contributed by atoms with Gasteiger partial charge in [-0.05, 0) is 74.9 Å². The Bertz CT molecular complexity index is 1270. The van der Waals surface area contributed by atoms with Crippen LogP contribution in [0.3, 0.4) is 0 Å². The summed E-state index contributed by atoms with van der Waals surface area (Å²) in [5.74, 6) is -0.361. The van der Waals surface area contributed by atoms with E-state index in [-0.39, 0.29) is 16.8 Å². The zero-order valence-electron chi connectivity index (χ0n) is 20.3. The number of nitrogens with zero attached hydrogens (tertiary/aromatic N) is 2. The first-order valence-electron chi connectivity index (χ1n) is 11.7. The summed E-state index contributed by atoms with van der Waals surface area (Å²) in [5.41, 5.74) is 3.63. The Morgan fingerprint density at radius 2 is 1.57 bits per heavy atom. The molecule has 0 saturated carbocycles. The van der Waals surface area contributed by atoms with Gasteiger partial charge >= 0.3 is 0 Å². The minimum Gasteiger partial charge on any atom is -0.379 e. The maximum Gasteiger partial charge on any atom is 0.255 e. The van der Waals surface area contributed by atoms with Crippen LogP contribution in [0.1, 0.15) is 29.8 Å². The molecule has 1 aliphatic heterocycles. The molecule has 0 aliphatic carbocycles. The predicted molar refractivity (Wildman–Crippen MR) is 139 cm³/mol. The summed E-state index contributed by atoms with van der Waals surface area (Å²) < 4.78 is 33.0. The Kier molecular flexibility index (Phi) is 7.54. The number of amides is 1. The molecule has 0 atom stereocenters. The first-order valence-corrected chi connectivity index (χ1v) is 13.2. The molecule has 3 aromatic carbocycles. The summed E-state index contributed by atoms with van der Waals surface area (Å²) in [7, 11) is -3.70. The van der Waals surface area contributed by atoms with E-state index >= 15 is 0 Å². The molecule has 1 aliphatic rings. The molecule has 0 spiro atoms. The fraction of sp³-hybridized carbons (Fsp3) is 0.296. The number of nitrogens with one attached hydrogen (secondary N) is 1. The lowest BCUT2D eigenvalue weighted by Gasteiger charge is -2.29. The Hall–Kier alpha value is -3.20. The van der Waals surface area contributed by atoms with Gasteiger partial charge in [-0.15, -0.1) is 0 Å². The van der Waals surface area contributed by atoms with E-state index in [0.717, 1.165) is 11.4 Å². The Morgan fingerprint density at radius 1 is 0.943 bits per heavy atom. The molecular formula is C27H31N3O4S. The molecule has 0 unspecified atom stereocenters. The highest BCUT2D eigenvalue weighted by atomic mass is 32.2. The number of rotatable bonds is 7. The van der Waals surface area contributed by atoms with Gasteiger partial charge in [-0.3, -0.25) is 4.79 Å². The minimum atomic E-state index is -3.70. The van der Waals surface area contributed by atoms with Crippen LogP contribution >= 0.6 is 0 Å². The molecule has 1 heterocycles. The number of hydrogen-bond donors (Lipinski definition) is 1. The van der Waals surface area contributed by atoms with Crippen LogP contribution in [0.25, 0.3) is 0 Å². The van der Waals surface area contributed by atoms with Crippen molar-refractivity contribution >= 4 is 33.0 Å². The Balaban J connectivity index is 1.53. The van der Waals surface area contributed by atoms with Crippen LogP contribution in [0.5, 0.6) is 0 Å². The van der Waals surface area contributed by atoms with Crippen molar-refractivity contribution in [3.8, 4) is 0 Å². The van der Waals surface area contributed by atoms with Crippen LogP contribution in [-0.4, -0.2) is 51.0 Å². The molecule has 1 amide bonds. The van der Waals surface area contributed by atoms with Gasteiger partial charge in [0.15, 0.2) is 0 Å². The van der Waals surface area contributed by atoms with E-state index < -0.39 is 10.0 Å². The lowest BCUT2D eigenvalue weighted by molar-refractivity contribution is 0.0730. The average molecular weight is 494 g/mol. The summed E-state index contributed by atoms with van der Waals surface area (Å²) >= 11 is 0. The highest BCUT2D eigenvalue weighted by molar-refractivity contribution is 7.89. The van der Waals surface area contributed by atoms with Crippen molar-refractivity contribution in [1.82, 2.24) is 4.31 Å². The van der Waals surface area contributed by atoms with E-state index in [1.54, 1.807) is 19.1 Å². The van der Waals surface area contributed by atoms with Gasteiger partial charge in [-0.1, -0.05) is 24.3 Å². The molecule has 184 valence electrons. The van der Waals surface area contributed by atoms with E-state index in [0.29, 0.717) is 43.1 Å². The van der Waals surface area contributed by atoms with Crippen LogP contribution in [0.2, 0.25) is 0 Å². The van der Waals surface area contributed by atoms with Crippen LogP contribution < -0.4 is 10.2 Å². The smallest absolute Gasteiger partial charge is 0.255 e. The van der Waals surface area contributed by atoms with Crippen LogP contribution in [0, 0.1) is 6.92 Å². The second-order valence-electron chi connectivity index (χ2n) is 8.80. The largest absolute Gasteiger partial charge is 0.379 e. The van der Waals surface area contributed by atoms with Crippen molar-refractivity contribution in [1.29, 1.82) is 0 Å². The molecule has 0 radical (unpaired) electrons. The zero-order chi connectivity index (χ0) is 25.0. The number of sulfonamides is 1. The number of hydrogen-bond acceptors (Lipinski definition) is 5. The summed E-state index contributed by atoms with van der Waals surface area (Å²) in [6.45, 7) is 7.34. The third-order valence-corrected chi connectivity index (χ3v) is 8.03. The third-order valence-electron chi connectivity index (χ3n) is 5.99. The quantitative estimate of drug-likeness (QED) is 0.511.